The average Bonchev–Trinajstić information content (AvgIpc) is 2.90. The van der Waals surface area contributed by atoms with E-state index in [4.69, 9.17) is 0 Å². The second kappa shape index (κ2) is 6.03. The number of halogens is 2. The van der Waals surface area contributed by atoms with E-state index < -0.39 is 0 Å². The second-order valence-corrected chi connectivity index (χ2v) is 4.84. The van der Waals surface area contributed by atoms with E-state index in [-0.39, 0.29) is 24.8 Å². The molecule has 0 saturated carbocycles. The zero-order valence-electron chi connectivity index (χ0n) is 11.6. The van der Waals surface area contributed by atoms with Crippen LogP contribution in [0.15, 0.2) is 48.5 Å². The molecule has 0 spiro atoms. The molecule has 0 amide bonds. The quantitative estimate of drug-likeness (QED) is 0.806. The van der Waals surface area contributed by atoms with Crippen LogP contribution in [0.1, 0.15) is 11.3 Å². The highest BCUT2D eigenvalue weighted by Crippen LogP contribution is 2.24. The van der Waals surface area contributed by atoms with Crippen molar-refractivity contribution in [2.75, 3.05) is 0 Å². The highest BCUT2D eigenvalue weighted by atomic mass is 19.1. The Morgan fingerprint density at radius 1 is 1.00 bits per heavy atom. The van der Waals surface area contributed by atoms with Gasteiger partial charge in [0.25, 0.3) is 0 Å². The zero-order chi connectivity index (χ0) is 15.5. The average molecular weight is 301 g/mol. The van der Waals surface area contributed by atoms with Crippen molar-refractivity contribution in [3.8, 4) is 11.3 Å². The minimum absolute atomic E-state index is 0.274. The Morgan fingerprint density at radius 2 is 1.73 bits per heavy atom. The number of aliphatic hydroxyl groups excluding tert-OH is 1. The number of nitrogens with zero attached hydrogens (tertiary/aromatic N) is 3. The van der Waals surface area contributed by atoms with Crippen molar-refractivity contribution in [3.05, 3.63) is 71.4 Å². The number of benzene rings is 2. The lowest BCUT2D eigenvalue weighted by atomic mass is 10.1. The Hall–Kier alpha value is -2.60. The van der Waals surface area contributed by atoms with Crippen LogP contribution in [0.4, 0.5) is 8.78 Å². The van der Waals surface area contributed by atoms with Crippen LogP contribution in [0.5, 0.6) is 0 Å². The van der Waals surface area contributed by atoms with Gasteiger partial charge in [0.05, 0.1) is 18.8 Å². The zero-order valence-corrected chi connectivity index (χ0v) is 11.6. The Balaban J connectivity index is 2.04. The second-order valence-electron chi connectivity index (χ2n) is 4.84. The molecule has 0 bridgehead atoms. The number of aromatic nitrogens is 3. The van der Waals surface area contributed by atoms with Crippen molar-refractivity contribution < 1.29 is 13.9 Å². The molecule has 0 radical (unpaired) electrons. The third kappa shape index (κ3) is 2.87. The molecule has 3 aromatic rings. The minimum atomic E-state index is -0.389. The van der Waals surface area contributed by atoms with Gasteiger partial charge in [-0.15, -0.1) is 5.10 Å². The third-order valence-corrected chi connectivity index (χ3v) is 3.27. The van der Waals surface area contributed by atoms with Crippen LogP contribution >= 0.6 is 0 Å². The summed E-state index contributed by atoms with van der Waals surface area (Å²) < 4.78 is 28.2. The van der Waals surface area contributed by atoms with Gasteiger partial charge in [-0.2, -0.15) is 0 Å². The van der Waals surface area contributed by atoms with Gasteiger partial charge in [-0.05, 0) is 29.8 Å². The maximum Gasteiger partial charge on any atom is 0.123 e. The summed E-state index contributed by atoms with van der Waals surface area (Å²) in [6.45, 7) is -0.0361. The van der Waals surface area contributed by atoms with Gasteiger partial charge in [0.2, 0.25) is 0 Å². The molecule has 3 rings (SSSR count). The smallest absolute Gasteiger partial charge is 0.123 e. The van der Waals surface area contributed by atoms with Crippen LogP contribution in [0.25, 0.3) is 11.3 Å². The number of hydrogen-bond donors (Lipinski definition) is 1. The molecule has 4 nitrogen and oxygen atoms in total. The normalized spacial score (nSPS) is 10.9. The molecule has 0 unspecified atom stereocenters. The van der Waals surface area contributed by atoms with Gasteiger partial charge in [-0.25, -0.2) is 13.5 Å². The Bertz CT molecular complexity index is 802. The van der Waals surface area contributed by atoms with Gasteiger partial charge >= 0.3 is 0 Å². The van der Waals surface area contributed by atoms with Crippen LogP contribution in [0, 0.1) is 11.6 Å². The predicted molar refractivity (Wildman–Crippen MR) is 76.8 cm³/mol. The predicted octanol–water partition coefficient (Wildman–Crippen LogP) is 2.76. The monoisotopic (exact) mass is 301 g/mol. The van der Waals surface area contributed by atoms with Gasteiger partial charge in [-0.1, -0.05) is 29.5 Å². The molecule has 0 aliphatic carbocycles. The summed E-state index contributed by atoms with van der Waals surface area (Å²) in [5.74, 6) is -0.729. The molecule has 1 aromatic heterocycles. The molecule has 0 atom stereocenters. The van der Waals surface area contributed by atoms with E-state index in [0.717, 1.165) is 0 Å². The molecule has 0 aliphatic heterocycles. The first-order valence-electron chi connectivity index (χ1n) is 6.71. The fraction of sp³-hybridized carbons (Fsp3) is 0.125. The van der Waals surface area contributed by atoms with E-state index in [0.29, 0.717) is 22.5 Å². The lowest BCUT2D eigenvalue weighted by Gasteiger charge is -2.08. The summed E-state index contributed by atoms with van der Waals surface area (Å²) in [6, 6.07) is 12.1. The Labute approximate surface area is 125 Å². The number of hydrogen-bond acceptors (Lipinski definition) is 3. The first-order valence-corrected chi connectivity index (χ1v) is 6.71. The Morgan fingerprint density at radius 3 is 2.41 bits per heavy atom. The first kappa shape index (κ1) is 14.3. The van der Waals surface area contributed by atoms with Crippen LogP contribution in [-0.4, -0.2) is 20.1 Å². The van der Waals surface area contributed by atoms with Crippen molar-refractivity contribution in [1.82, 2.24) is 15.0 Å². The SMILES string of the molecule is OCc1nnn(Cc2cccc(F)c2)c1-c1cccc(F)c1. The van der Waals surface area contributed by atoms with Crippen molar-refractivity contribution in [1.29, 1.82) is 0 Å². The number of aliphatic hydroxyl groups is 1. The molecule has 2 aromatic carbocycles. The topological polar surface area (TPSA) is 50.9 Å². The molecular weight excluding hydrogens is 288 g/mol. The third-order valence-electron chi connectivity index (χ3n) is 3.27. The highest BCUT2D eigenvalue weighted by Gasteiger charge is 2.15. The fourth-order valence-corrected chi connectivity index (χ4v) is 2.33. The van der Waals surface area contributed by atoms with Crippen molar-refractivity contribution in [2.24, 2.45) is 0 Å². The molecular formula is C16H13F2N3O. The van der Waals surface area contributed by atoms with E-state index in [2.05, 4.69) is 10.3 Å². The molecule has 112 valence electrons. The van der Waals surface area contributed by atoms with Gasteiger partial charge in [0.1, 0.15) is 17.3 Å². The standard InChI is InChI=1S/C16H13F2N3O/c17-13-5-1-3-11(7-13)9-21-16(15(10-22)19-20-21)12-4-2-6-14(18)8-12/h1-8,22H,9-10H2. The minimum Gasteiger partial charge on any atom is -0.390 e. The summed E-state index contributed by atoms with van der Waals surface area (Å²) in [7, 11) is 0. The van der Waals surface area contributed by atoms with Crippen molar-refractivity contribution >= 4 is 0 Å². The van der Waals surface area contributed by atoms with Crippen LogP contribution in [0.3, 0.4) is 0 Å². The summed E-state index contributed by atoms with van der Waals surface area (Å²) >= 11 is 0. The van der Waals surface area contributed by atoms with E-state index in [1.54, 1.807) is 24.3 Å². The summed E-state index contributed by atoms with van der Waals surface area (Å²) in [5, 5.41) is 17.3. The molecule has 0 fully saturated rings. The first-order chi connectivity index (χ1) is 10.7. The molecule has 22 heavy (non-hydrogen) atoms. The highest BCUT2D eigenvalue weighted by molar-refractivity contribution is 5.61. The lowest BCUT2D eigenvalue weighted by Crippen LogP contribution is -2.05. The van der Waals surface area contributed by atoms with Gasteiger partial charge in [0, 0.05) is 5.56 Å². The molecule has 0 saturated heterocycles. The van der Waals surface area contributed by atoms with Crippen LogP contribution in [-0.2, 0) is 13.2 Å². The number of rotatable bonds is 4. The fourth-order valence-electron chi connectivity index (χ4n) is 2.33. The van der Waals surface area contributed by atoms with Crippen molar-refractivity contribution in [3.63, 3.8) is 0 Å². The summed E-state index contributed by atoms with van der Waals surface area (Å²) in [6.07, 6.45) is 0. The molecule has 6 heteroatoms. The van der Waals surface area contributed by atoms with Gasteiger partial charge < -0.3 is 5.11 Å². The van der Waals surface area contributed by atoms with Crippen LogP contribution < -0.4 is 0 Å². The molecule has 1 N–H and O–H groups in total. The van der Waals surface area contributed by atoms with E-state index in [9.17, 15) is 13.9 Å². The van der Waals surface area contributed by atoms with E-state index in [1.807, 2.05) is 0 Å². The lowest BCUT2D eigenvalue weighted by molar-refractivity contribution is 0.277. The summed E-state index contributed by atoms with van der Waals surface area (Å²) in [4.78, 5) is 0. The molecule has 0 aliphatic rings. The van der Waals surface area contributed by atoms with Crippen LogP contribution in [0.2, 0.25) is 0 Å². The maximum atomic E-state index is 13.4. The Kier molecular flexibility index (Phi) is 3.93. The summed E-state index contributed by atoms with van der Waals surface area (Å²) in [5.41, 5.74) is 2.13. The van der Waals surface area contributed by atoms with E-state index >= 15 is 0 Å². The van der Waals surface area contributed by atoms with Gasteiger partial charge in [-0.3, -0.25) is 0 Å². The maximum absolute atomic E-state index is 13.4. The molecule has 1 heterocycles. The largest absolute Gasteiger partial charge is 0.390 e. The van der Waals surface area contributed by atoms with Crippen molar-refractivity contribution in [2.45, 2.75) is 13.2 Å². The van der Waals surface area contributed by atoms with Gasteiger partial charge in [0.15, 0.2) is 0 Å². The van der Waals surface area contributed by atoms with E-state index in [1.165, 1.54) is 28.9 Å².